The molecule has 116 valence electrons. The van der Waals surface area contributed by atoms with E-state index in [1.54, 1.807) is 17.0 Å². The summed E-state index contributed by atoms with van der Waals surface area (Å²) in [5, 5.41) is 1.00. The molecule has 0 aliphatic carbocycles. The second-order valence-electron chi connectivity index (χ2n) is 4.93. The predicted octanol–water partition coefficient (Wildman–Crippen LogP) is 3.32. The first-order chi connectivity index (χ1) is 10.1. The third-order valence-corrected chi connectivity index (χ3v) is 4.05. The normalized spacial score (nSPS) is 18.8. The summed E-state index contributed by atoms with van der Waals surface area (Å²) in [6.45, 7) is 4.34. The zero-order valence-electron chi connectivity index (χ0n) is 12.0. The molecule has 6 heteroatoms. The van der Waals surface area contributed by atoms with Crippen LogP contribution in [0.25, 0.3) is 0 Å². The highest BCUT2D eigenvalue weighted by molar-refractivity contribution is 6.42. The maximum Gasteiger partial charge on any atom is 0.248 e. The Morgan fingerprint density at radius 2 is 2.24 bits per heavy atom. The van der Waals surface area contributed by atoms with Crippen molar-refractivity contribution in [3.63, 3.8) is 0 Å². The van der Waals surface area contributed by atoms with Gasteiger partial charge in [-0.05, 0) is 24.1 Å². The number of hydrogen-bond acceptors (Lipinski definition) is 3. The molecule has 0 aromatic heterocycles. The van der Waals surface area contributed by atoms with Gasteiger partial charge < -0.3 is 14.4 Å². The molecule has 1 saturated heterocycles. The Kier molecular flexibility index (Phi) is 6.30. The summed E-state index contributed by atoms with van der Waals surface area (Å²) < 4.78 is 11.0. The molecule has 0 spiro atoms. The van der Waals surface area contributed by atoms with Crippen molar-refractivity contribution in [1.82, 2.24) is 4.90 Å². The average molecular weight is 332 g/mol. The number of hydrogen-bond donors (Lipinski definition) is 0. The molecule has 1 heterocycles. The van der Waals surface area contributed by atoms with E-state index in [2.05, 4.69) is 0 Å². The van der Waals surface area contributed by atoms with E-state index in [1.165, 1.54) is 0 Å². The molecule has 21 heavy (non-hydrogen) atoms. The summed E-state index contributed by atoms with van der Waals surface area (Å²) in [5.41, 5.74) is 0.927. The van der Waals surface area contributed by atoms with E-state index in [0.717, 1.165) is 12.0 Å². The van der Waals surface area contributed by atoms with Crippen LogP contribution in [0.4, 0.5) is 0 Å². The van der Waals surface area contributed by atoms with E-state index in [0.29, 0.717) is 36.3 Å². The molecule has 2 rings (SSSR count). The lowest BCUT2D eigenvalue weighted by Crippen LogP contribution is -2.43. The van der Waals surface area contributed by atoms with Gasteiger partial charge in [-0.15, -0.1) is 0 Å². The molecule has 1 aliphatic rings. The van der Waals surface area contributed by atoms with E-state index < -0.39 is 0 Å². The van der Waals surface area contributed by atoms with Gasteiger partial charge in [-0.25, -0.2) is 0 Å². The summed E-state index contributed by atoms with van der Waals surface area (Å²) in [5.74, 6) is -0.00295. The number of halogens is 2. The minimum atomic E-state index is -0.177. The van der Waals surface area contributed by atoms with Crippen molar-refractivity contribution in [2.24, 2.45) is 0 Å². The molecular weight excluding hydrogens is 313 g/mol. The lowest BCUT2D eigenvalue weighted by molar-refractivity contribution is -0.143. The quantitative estimate of drug-likeness (QED) is 0.777. The van der Waals surface area contributed by atoms with Crippen LogP contribution in [0.15, 0.2) is 18.2 Å². The topological polar surface area (TPSA) is 38.8 Å². The molecule has 0 N–H and O–H groups in total. The Bertz CT molecular complexity index is 496. The van der Waals surface area contributed by atoms with Crippen LogP contribution in [0.3, 0.4) is 0 Å². The first-order valence-electron chi connectivity index (χ1n) is 7.04. The van der Waals surface area contributed by atoms with Crippen molar-refractivity contribution >= 4 is 29.1 Å². The largest absolute Gasteiger partial charge is 0.372 e. The Labute approximate surface area is 134 Å². The van der Waals surface area contributed by atoms with Gasteiger partial charge in [0.05, 0.1) is 23.2 Å². The van der Waals surface area contributed by atoms with E-state index in [1.807, 2.05) is 13.0 Å². The lowest BCUT2D eigenvalue weighted by atomic mass is 10.1. The van der Waals surface area contributed by atoms with Crippen LogP contribution in [-0.2, 0) is 14.3 Å². The number of amides is 1. The van der Waals surface area contributed by atoms with Gasteiger partial charge in [0.2, 0.25) is 5.91 Å². The smallest absolute Gasteiger partial charge is 0.248 e. The fraction of sp³-hybridized carbons (Fsp3) is 0.533. The number of carbonyl (C=O) groups is 1. The summed E-state index contributed by atoms with van der Waals surface area (Å²) >= 11 is 11.9. The Morgan fingerprint density at radius 1 is 1.43 bits per heavy atom. The van der Waals surface area contributed by atoms with Crippen molar-refractivity contribution in [1.29, 1.82) is 0 Å². The van der Waals surface area contributed by atoms with Crippen LogP contribution in [0.1, 0.15) is 25.0 Å². The van der Waals surface area contributed by atoms with Crippen LogP contribution < -0.4 is 0 Å². The van der Waals surface area contributed by atoms with Crippen molar-refractivity contribution < 1.29 is 14.3 Å². The van der Waals surface area contributed by atoms with E-state index in [9.17, 15) is 4.79 Å². The van der Waals surface area contributed by atoms with Gasteiger partial charge in [0, 0.05) is 13.2 Å². The second-order valence-corrected chi connectivity index (χ2v) is 5.74. The standard InChI is InChI=1S/C15H19Cl2NO3/c1-2-6-20-10-15(19)18-5-7-21-14(9-18)11-3-4-12(16)13(17)8-11/h3-4,8,14H,2,5-7,9-10H2,1H3/t14-/m1/s1. The van der Waals surface area contributed by atoms with Crippen molar-refractivity contribution in [3.05, 3.63) is 33.8 Å². The zero-order valence-corrected chi connectivity index (χ0v) is 13.5. The molecule has 4 nitrogen and oxygen atoms in total. The summed E-state index contributed by atoms with van der Waals surface area (Å²) in [6.07, 6.45) is 0.728. The molecule has 1 aromatic carbocycles. The average Bonchev–Trinajstić information content (AvgIpc) is 2.50. The number of nitrogens with zero attached hydrogens (tertiary/aromatic N) is 1. The monoisotopic (exact) mass is 331 g/mol. The molecule has 1 amide bonds. The lowest BCUT2D eigenvalue weighted by Gasteiger charge is -2.33. The van der Waals surface area contributed by atoms with E-state index >= 15 is 0 Å². The summed E-state index contributed by atoms with van der Waals surface area (Å²) in [6, 6.07) is 5.41. The van der Waals surface area contributed by atoms with Gasteiger partial charge in [0.1, 0.15) is 12.7 Å². The Morgan fingerprint density at radius 3 is 2.95 bits per heavy atom. The Hall–Kier alpha value is -0.810. The summed E-state index contributed by atoms with van der Waals surface area (Å²) in [4.78, 5) is 13.8. The minimum Gasteiger partial charge on any atom is -0.372 e. The number of morpholine rings is 1. The zero-order chi connectivity index (χ0) is 15.2. The molecule has 0 bridgehead atoms. The van der Waals surface area contributed by atoms with Crippen LogP contribution in [0.5, 0.6) is 0 Å². The summed E-state index contributed by atoms with van der Waals surface area (Å²) in [7, 11) is 0. The van der Waals surface area contributed by atoms with Gasteiger partial charge >= 0.3 is 0 Å². The number of carbonyl (C=O) groups excluding carboxylic acids is 1. The molecule has 1 aliphatic heterocycles. The van der Waals surface area contributed by atoms with Crippen LogP contribution in [0.2, 0.25) is 10.0 Å². The molecule has 0 unspecified atom stereocenters. The molecule has 0 saturated carbocycles. The third-order valence-electron chi connectivity index (χ3n) is 3.31. The highest BCUT2D eigenvalue weighted by Crippen LogP contribution is 2.29. The fourth-order valence-electron chi connectivity index (χ4n) is 2.19. The highest BCUT2D eigenvalue weighted by atomic mass is 35.5. The van der Waals surface area contributed by atoms with Gasteiger partial charge in [0.25, 0.3) is 0 Å². The van der Waals surface area contributed by atoms with E-state index in [-0.39, 0.29) is 18.6 Å². The Balaban J connectivity index is 1.96. The van der Waals surface area contributed by atoms with Crippen molar-refractivity contribution in [2.45, 2.75) is 19.4 Å². The molecule has 1 fully saturated rings. The number of benzene rings is 1. The molecule has 1 aromatic rings. The SMILES string of the molecule is CCCOCC(=O)N1CCO[C@@H](c2ccc(Cl)c(Cl)c2)C1. The van der Waals surface area contributed by atoms with Crippen molar-refractivity contribution in [3.8, 4) is 0 Å². The number of rotatable bonds is 5. The molecular formula is C15H19Cl2NO3. The molecule has 1 atom stereocenters. The predicted molar refractivity (Wildman–Crippen MR) is 82.8 cm³/mol. The van der Waals surface area contributed by atoms with Gasteiger partial charge in [0.15, 0.2) is 0 Å². The highest BCUT2D eigenvalue weighted by Gasteiger charge is 2.25. The minimum absolute atomic E-state index is 0.00295. The second kappa shape index (κ2) is 7.99. The van der Waals surface area contributed by atoms with Crippen molar-refractivity contribution in [2.75, 3.05) is 32.9 Å². The fourth-order valence-corrected chi connectivity index (χ4v) is 2.49. The van der Waals surface area contributed by atoms with Crippen LogP contribution >= 0.6 is 23.2 Å². The third kappa shape index (κ3) is 4.58. The maximum atomic E-state index is 12.1. The first kappa shape index (κ1) is 16.6. The van der Waals surface area contributed by atoms with Crippen LogP contribution in [0, 0.1) is 0 Å². The van der Waals surface area contributed by atoms with Gasteiger partial charge in [-0.2, -0.15) is 0 Å². The van der Waals surface area contributed by atoms with E-state index in [4.69, 9.17) is 32.7 Å². The van der Waals surface area contributed by atoms with Gasteiger partial charge in [-0.1, -0.05) is 36.2 Å². The number of ether oxygens (including phenoxy) is 2. The van der Waals surface area contributed by atoms with Gasteiger partial charge in [-0.3, -0.25) is 4.79 Å². The van der Waals surface area contributed by atoms with Crippen LogP contribution in [-0.4, -0.2) is 43.7 Å². The first-order valence-corrected chi connectivity index (χ1v) is 7.79. The molecule has 0 radical (unpaired) electrons. The maximum absolute atomic E-state index is 12.1.